The lowest BCUT2D eigenvalue weighted by Gasteiger charge is -2.18. The normalized spacial score (nSPS) is 11.7. The van der Waals surface area contributed by atoms with E-state index >= 15 is 0 Å². The second kappa shape index (κ2) is 9.01. The predicted molar refractivity (Wildman–Crippen MR) is 95.9 cm³/mol. The molecule has 27 heavy (non-hydrogen) atoms. The van der Waals surface area contributed by atoms with Gasteiger partial charge in [0.05, 0.1) is 18.6 Å². The van der Waals surface area contributed by atoms with Gasteiger partial charge in [-0.1, -0.05) is 6.07 Å². The van der Waals surface area contributed by atoms with Crippen LogP contribution in [-0.2, 0) is 16.6 Å². The van der Waals surface area contributed by atoms with Gasteiger partial charge < -0.3 is 14.2 Å². The summed E-state index contributed by atoms with van der Waals surface area (Å²) in [6.45, 7) is -0.628. The van der Waals surface area contributed by atoms with Crippen molar-refractivity contribution in [2.75, 3.05) is 20.8 Å². The van der Waals surface area contributed by atoms with Crippen LogP contribution >= 0.6 is 0 Å². The minimum atomic E-state index is -3.73. The number of halogens is 2. The van der Waals surface area contributed by atoms with E-state index in [0.29, 0.717) is 17.9 Å². The number of benzene rings is 2. The standard InChI is InChI=1S/C18H21F2NO5S/c1-4-25-14-6-8-15(9-7-14)27(22,23)21(2)12-13-5-10-16(26-18(19)20)17(11-13)24-3/h5-11,18H,4,12H2,1-3H3. The van der Waals surface area contributed by atoms with Gasteiger partial charge in [0, 0.05) is 13.6 Å². The van der Waals surface area contributed by atoms with Crippen LogP contribution in [-0.4, -0.2) is 40.1 Å². The third-order valence-electron chi connectivity index (χ3n) is 3.69. The number of hydrogen-bond donors (Lipinski definition) is 0. The van der Waals surface area contributed by atoms with Crippen LogP contribution in [0.4, 0.5) is 8.78 Å². The van der Waals surface area contributed by atoms with Gasteiger partial charge in [0.2, 0.25) is 10.0 Å². The fourth-order valence-electron chi connectivity index (χ4n) is 2.40. The SMILES string of the molecule is CCOc1ccc(S(=O)(=O)N(C)Cc2ccc(OC(F)F)c(OC)c2)cc1. The monoisotopic (exact) mass is 401 g/mol. The van der Waals surface area contributed by atoms with Gasteiger partial charge in [-0.05, 0) is 48.9 Å². The molecule has 6 nitrogen and oxygen atoms in total. The molecular formula is C18H21F2NO5S. The van der Waals surface area contributed by atoms with Gasteiger partial charge in [-0.3, -0.25) is 0 Å². The Hall–Kier alpha value is -2.39. The molecule has 9 heteroatoms. The maximum Gasteiger partial charge on any atom is 0.387 e. The molecule has 0 saturated carbocycles. The second-order valence-corrected chi connectivity index (χ2v) is 7.57. The van der Waals surface area contributed by atoms with Crippen molar-refractivity contribution in [1.82, 2.24) is 4.31 Å². The molecule has 0 N–H and O–H groups in total. The zero-order valence-corrected chi connectivity index (χ0v) is 16.0. The maximum atomic E-state index is 12.7. The predicted octanol–water partition coefficient (Wildman–Crippen LogP) is 3.52. The molecule has 0 spiro atoms. The fraction of sp³-hybridized carbons (Fsp3) is 0.333. The van der Waals surface area contributed by atoms with E-state index in [1.807, 2.05) is 6.92 Å². The first-order chi connectivity index (χ1) is 12.8. The molecule has 0 bridgehead atoms. The van der Waals surface area contributed by atoms with Crippen molar-refractivity contribution in [3.63, 3.8) is 0 Å². The zero-order chi connectivity index (χ0) is 20.0. The molecule has 148 valence electrons. The lowest BCUT2D eigenvalue weighted by molar-refractivity contribution is -0.0512. The van der Waals surface area contributed by atoms with E-state index in [-0.39, 0.29) is 22.9 Å². The lowest BCUT2D eigenvalue weighted by atomic mass is 10.2. The number of alkyl halides is 2. The van der Waals surface area contributed by atoms with Crippen LogP contribution in [0.2, 0.25) is 0 Å². The molecular weight excluding hydrogens is 380 g/mol. The van der Waals surface area contributed by atoms with Crippen molar-refractivity contribution >= 4 is 10.0 Å². The molecule has 0 aliphatic rings. The Balaban J connectivity index is 2.18. The molecule has 0 aromatic heterocycles. The van der Waals surface area contributed by atoms with Crippen LogP contribution in [0, 0.1) is 0 Å². The Labute approximate surface area is 157 Å². The minimum Gasteiger partial charge on any atom is -0.494 e. The zero-order valence-electron chi connectivity index (χ0n) is 15.2. The average molecular weight is 401 g/mol. The molecule has 0 atom stereocenters. The largest absolute Gasteiger partial charge is 0.494 e. The number of rotatable bonds is 9. The van der Waals surface area contributed by atoms with E-state index in [9.17, 15) is 17.2 Å². The smallest absolute Gasteiger partial charge is 0.387 e. The molecule has 2 aromatic rings. The summed E-state index contributed by atoms with van der Waals surface area (Å²) < 4.78 is 66.1. The number of nitrogens with zero attached hydrogens (tertiary/aromatic N) is 1. The van der Waals surface area contributed by atoms with Crippen LogP contribution < -0.4 is 14.2 Å². The minimum absolute atomic E-state index is 0.0286. The van der Waals surface area contributed by atoms with Crippen molar-refractivity contribution in [1.29, 1.82) is 0 Å². The van der Waals surface area contributed by atoms with Gasteiger partial charge >= 0.3 is 6.61 Å². The van der Waals surface area contributed by atoms with Crippen molar-refractivity contribution in [3.05, 3.63) is 48.0 Å². The van der Waals surface area contributed by atoms with Crippen LogP contribution in [0.15, 0.2) is 47.4 Å². The molecule has 2 rings (SSSR count). The van der Waals surface area contributed by atoms with Crippen LogP contribution in [0.25, 0.3) is 0 Å². The van der Waals surface area contributed by atoms with Gasteiger partial charge in [-0.15, -0.1) is 0 Å². The average Bonchev–Trinajstić information content (AvgIpc) is 2.63. The third kappa shape index (κ3) is 5.30. The number of ether oxygens (including phenoxy) is 3. The van der Waals surface area contributed by atoms with E-state index in [2.05, 4.69) is 4.74 Å². The Kier molecular flexibility index (Phi) is 6.98. The number of methoxy groups -OCH3 is 1. The Morgan fingerprint density at radius 1 is 1.07 bits per heavy atom. The van der Waals surface area contributed by atoms with Gasteiger partial charge in [0.15, 0.2) is 11.5 Å². The summed E-state index contributed by atoms with van der Waals surface area (Å²) in [5.74, 6) is 0.561. The summed E-state index contributed by atoms with van der Waals surface area (Å²) in [7, 11) is -0.982. The quantitative estimate of drug-likeness (QED) is 0.643. The van der Waals surface area contributed by atoms with Gasteiger partial charge in [0.25, 0.3) is 0 Å². The van der Waals surface area contributed by atoms with E-state index in [1.165, 1.54) is 44.5 Å². The summed E-state index contributed by atoms with van der Waals surface area (Å²) in [6, 6.07) is 10.4. The summed E-state index contributed by atoms with van der Waals surface area (Å²) in [5, 5.41) is 0. The van der Waals surface area contributed by atoms with Crippen LogP contribution in [0.3, 0.4) is 0 Å². The molecule has 0 aliphatic heterocycles. The van der Waals surface area contributed by atoms with Gasteiger partial charge in [-0.2, -0.15) is 13.1 Å². The summed E-state index contributed by atoms with van der Waals surface area (Å²) >= 11 is 0. The van der Waals surface area contributed by atoms with E-state index in [0.717, 1.165) is 4.31 Å². The summed E-state index contributed by atoms with van der Waals surface area (Å²) in [6.07, 6.45) is 0. The van der Waals surface area contributed by atoms with Crippen LogP contribution in [0.5, 0.6) is 17.2 Å². The summed E-state index contributed by atoms with van der Waals surface area (Å²) in [4.78, 5) is 0.123. The molecule has 0 aliphatic carbocycles. The van der Waals surface area contributed by atoms with Crippen molar-refractivity contribution in [2.45, 2.75) is 25.0 Å². The number of sulfonamides is 1. The van der Waals surface area contributed by atoms with Crippen molar-refractivity contribution < 1.29 is 31.4 Å². The van der Waals surface area contributed by atoms with Crippen LogP contribution in [0.1, 0.15) is 12.5 Å². The first-order valence-corrected chi connectivity index (χ1v) is 9.53. The highest BCUT2D eigenvalue weighted by atomic mass is 32.2. The molecule has 0 amide bonds. The molecule has 0 unspecified atom stereocenters. The maximum absolute atomic E-state index is 12.7. The lowest BCUT2D eigenvalue weighted by Crippen LogP contribution is -2.26. The number of hydrogen-bond acceptors (Lipinski definition) is 5. The topological polar surface area (TPSA) is 65.1 Å². The fourth-order valence-corrected chi connectivity index (χ4v) is 3.56. The van der Waals surface area contributed by atoms with E-state index in [4.69, 9.17) is 9.47 Å². The second-order valence-electron chi connectivity index (χ2n) is 5.53. The van der Waals surface area contributed by atoms with Gasteiger partial charge in [0.1, 0.15) is 5.75 Å². The summed E-state index contributed by atoms with van der Waals surface area (Å²) in [5.41, 5.74) is 0.561. The Bertz CT molecular complexity index is 857. The molecule has 0 fully saturated rings. The highest BCUT2D eigenvalue weighted by Gasteiger charge is 2.21. The molecule has 0 radical (unpaired) electrons. The van der Waals surface area contributed by atoms with Gasteiger partial charge in [-0.25, -0.2) is 8.42 Å². The third-order valence-corrected chi connectivity index (χ3v) is 5.51. The highest BCUT2D eigenvalue weighted by Crippen LogP contribution is 2.30. The molecule has 0 heterocycles. The van der Waals surface area contributed by atoms with Crippen molar-refractivity contribution in [2.24, 2.45) is 0 Å². The first kappa shape index (κ1) is 20.9. The highest BCUT2D eigenvalue weighted by molar-refractivity contribution is 7.89. The Morgan fingerprint density at radius 2 is 1.74 bits per heavy atom. The molecule has 0 saturated heterocycles. The van der Waals surface area contributed by atoms with E-state index < -0.39 is 16.6 Å². The van der Waals surface area contributed by atoms with E-state index in [1.54, 1.807) is 12.1 Å². The Morgan fingerprint density at radius 3 is 2.30 bits per heavy atom. The molecule has 2 aromatic carbocycles. The van der Waals surface area contributed by atoms with Crippen molar-refractivity contribution in [3.8, 4) is 17.2 Å². The first-order valence-electron chi connectivity index (χ1n) is 8.08.